The molecule has 2 fully saturated rings. The monoisotopic (exact) mass is 324 g/mol. The quantitative estimate of drug-likeness (QED) is 0.893. The van der Waals surface area contributed by atoms with Gasteiger partial charge in [-0.25, -0.2) is 0 Å². The molecule has 0 unspecified atom stereocenters. The molecule has 0 radical (unpaired) electrons. The average Bonchev–Trinajstić information content (AvgIpc) is 3.04. The molecule has 0 spiro atoms. The number of ether oxygens (including phenoxy) is 2. The van der Waals surface area contributed by atoms with Gasteiger partial charge < -0.3 is 20.1 Å². The van der Waals surface area contributed by atoms with E-state index in [9.17, 15) is 4.79 Å². The predicted octanol–water partition coefficient (Wildman–Crippen LogP) is 2.59. The lowest BCUT2D eigenvalue weighted by atomic mass is 10.2. The van der Waals surface area contributed by atoms with E-state index in [4.69, 9.17) is 21.1 Å². The Hall–Kier alpha value is -1.30. The first-order chi connectivity index (χ1) is 10.7. The molecule has 2 N–H and O–H groups in total. The van der Waals surface area contributed by atoms with Crippen molar-refractivity contribution < 1.29 is 14.3 Å². The Morgan fingerprint density at radius 2 is 2.18 bits per heavy atom. The van der Waals surface area contributed by atoms with Crippen LogP contribution in [0.3, 0.4) is 0 Å². The number of hydrogen-bond donors (Lipinski definition) is 2. The summed E-state index contributed by atoms with van der Waals surface area (Å²) in [5.74, 6) is 0.575. The minimum absolute atomic E-state index is 0.111. The number of anilines is 1. The van der Waals surface area contributed by atoms with E-state index in [2.05, 4.69) is 10.6 Å². The van der Waals surface area contributed by atoms with Crippen LogP contribution < -0.4 is 15.4 Å². The predicted molar refractivity (Wildman–Crippen MR) is 85.6 cm³/mol. The van der Waals surface area contributed by atoms with Crippen molar-refractivity contribution in [2.45, 2.75) is 37.8 Å². The molecule has 1 aliphatic heterocycles. The normalized spacial score (nSPS) is 22.5. The maximum atomic E-state index is 12.1. The van der Waals surface area contributed by atoms with Crippen LogP contribution in [0.2, 0.25) is 5.02 Å². The van der Waals surface area contributed by atoms with Gasteiger partial charge in [0.2, 0.25) is 5.91 Å². The van der Waals surface area contributed by atoms with Gasteiger partial charge in [-0.15, -0.1) is 0 Å². The van der Waals surface area contributed by atoms with E-state index >= 15 is 0 Å². The number of amides is 1. The Morgan fingerprint density at radius 1 is 1.36 bits per heavy atom. The zero-order valence-electron chi connectivity index (χ0n) is 12.4. The highest BCUT2D eigenvalue weighted by atomic mass is 35.5. The Kier molecular flexibility index (Phi) is 5.18. The van der Waals surface area contributed by atoms with Crippen molar-refractivity contribution in [1.82, 2.24) is 5.32 Å². The molecular formula is C16H21ClN2O3. The van der Waals surface area contributed by atoms with Crippen molar-refractivity contribution in [3.05, 3.63) is 23.2 Å². The molecule has 1 aromatic rings. The fraction of sp³-hybridized carbons (Fsp3) is 0.562. The van der Waals surface area contributed by atoms with Gasteiger partial charge in [0.1, 0.15) is 11.8 Å². The molecule has 1 aromatic carbocycles. The summed E-state index contributed by atoms with van der Waals surface area (Å²) in [7, 11) is 0. The standard InChI is InChI=1S/C16H21ClN2O3/c17-13-9-11(19-16(20)14-10-21-8-7-18-14)5-6-15(13)22-12-3-1-2-4-12/h5-6,9,12,14,18H,1-4,7-8,10H2,(H,19,20)/t14-/m0/s1. The second-order valence-corrected chi connectivity index (χ2v) is 6.15. The fourth-order valence-corrected chi connectivity index (χ4v) is 3.05. The zero-order chi connectivity index (χ0) is 15.4. The first-order valence-electron chi connectivity index (χ1n) is 7.80. The minimum Gasteiger partial charge on any atom is -0.489 e. The van der Waals surface area contributed by atoms with Crippen LogP contribution in [-0.2, 0) is 9.53 Å². The number of halogens is 1. The summed E-state index contributed by atoms with van der Waals surface area (Å²) in [5.41, 5.74) is 0.668. The lowest BCUT2D eigenvalue weighted by Gasteiger charge is -2.23. The Labute approximate surface area is 135 Å². The molecule has 1 amide bonds. The minimum atomic E-state index is -0.318. The summed E-state index contributed by atoms with van der Waals surface area (Å²) in [6.07, 6.45) is 4.87. The first-order valence-corrected chi connectivity index (χ1v) is 8.18. The molecule has 1 saturated carbocycles. The molecule has 0 aromatic heterocycles. The maximum Gasteiger partial charge on any atom is 0.243 e. The molecule has 1 saturated heterocycles. The number of nitrogens with one attached hydrogen (secondary N) is 2. The molecule has 2 aliphatic rings. The van der Waals surface area contributed by atoms with Crippen molar-refractivity contribution in [2.24, 2.45) is 0 Å². The largest absolute Gasteiger partial charge is 0.489 e. The highest BCUT2D eigenvalue weighted by Gasteiger charge is 2.22. The molecule has 6 heteroatoms. The number of rotatable bonds is 4. The van der Waals surface area contributed by atoms with Crippen LogP contribution in [0.25, 0.3) is 0 Å². The van der Waals surface area contributed by atoms with Crippen LogP contribution in [0.5, 0.6) is 5.75 Å². The number of carbonyl (C=O) groups excluding carboxylic acids is 1. The van der Waals surface area contributed by atoms with Crippen LogP contribution in [0.1, 0.15) is 25.7 Å². The number of benzene rings is 1. The van der Waals surface area contributed by atoms with Crippen molar-refractivity contribution >= 4 is 23.2 Å². The van der Waals surface area contributed by atoms with E-state index < -0.39 is 0 Å². The molecule has 1 atom stereocenters. The van der Waals surface area contributed by atoms with E-state index in [1.54, 1.807) is 6.07 Å². The third kappa shape index (κ3) is 3.91. The molecule has 5 nitrogen and oxygen atoms in total. The number of morpholine rings is 1. The highest BCUT2D eigenvalue weighted by molar-refractivity contribution is 6.32. The van der Waals surface area contributed by atoms with E-state index in [-0.39, 0.29) is 18.1 Å². The van der Waals surface area contributed by atoms with E-state index in [0.29, 0.717) is 36.2 Å². The molecular weight excluding hydrogens is 304 g/mol. The van der Waals surface area contributed by atoms with E-state index in [0.717, 1.165) is 12.8 Å². The van der Waals surface area contributed by atoms with Crippen molar-refractivity contribution in [3.63, 3.8) is 0 Å². The molecule has 1 aliphatic carbocycles. The van der Waals surface area contributed by atoms with Gasteiger partial charge in [-0.1, -0.05) is 11.6 Å². The summed E-state index contributed by atoms with van der Waals surface area (Å²) in [4.78, 5) is 12.1. The summed E-state index contributed by atoms with van der Waals surface area (Å²) in [6, 6.07) is 5.05. The Bertz CT molecular complexity index is 526. The SMILES string of the molecule is O=C(Nc1ccc(OC2CCCC2)c(Cl)c1)[C@@H]1COCCN1. The zero-order valence-corrected chi connectivity index (χ0v) is 13.2. The van der Waals surface area contributed by atoms with Gasteiger partial charge in [0.05, 0.1) is 24.3 Å². The van der Waals surface area contributed by atoms with Gasteiger partial charge in [0, 0.05) is 12.2 Å². The third-order valence-electron chi connectivity index (χ3n) is 4.03. The van der Waals surface area contributed by atoms with Gasteiger partial charge in [-0.3, -0.25) is 4.79 Å². The molecule has 1 heterocycles. The summed E-state index contributed by atoms with van der Waals surface area (Å²) in [5, 5.41) is 6.50. The smallest absolute Gasteiger partial charge is 0.243 e. The van der Waals surface area contributed by atoms with Crippen molar-refractivity contribution in [1.29, 1.82) is 0 Å². The second-order valence-electron chi connectivity index (χ2n) is 5.74. The molecule has 3 rings (SSSR count). The lowest BCUT2D eigenvalue weighted by molar-refractivity contribution is -0.120. The Morgan fingerprint density at radius 3 is 2.86 bits per heavy atom. The van der Waals surface area contributed by atoms with Crippen molar-refractivity contribution in [3.8, 4) is 5.75 Å². The van der Waals surface area contributed by atoms with Gasteiger partial charge in [-0.2, -0.15) is 0 Å². The molecule has 0 bridgehead atoms. The third-order valence-corrected chi connectivity index (χ3v) is 4.33. The molecule has 120 valence electrons. The van der Waals surface area contributed by atoms with Crippen LogP contribution in [0.15, 0.2) is 18.2 Å². The van der Waals surface area contributed by atoms with E-state index in [1.165, 1.54) is 12.8 Å². The second kappa shape index (κ2) is 7.31. The van der Waals surface area contributed by atoms with Crippen LogP contribution in [0, 0.1) is 0 Å². The summed E-state index contributed by atoms with van der Waals surface area (Å²) in [6.45, 7) is 1.72. The average molecular weight is 325 g/mol. The van der Waals surface area contributed by atoms with Crippen molar-refractivity contribution in [2.75, 3.05) is 25.1 Å². The number of hydrogen-bond acceptors (Lipinski definition) is 4. The first kappa shape index (κ1) is 15.6. The van der Waals surface area contributed by atoms with Gasteiger partial charge in [-0.05, 0) is 43.9 Å². The van der Waals surface area contributed by atoms with Gasteiger partial charge >= 0.3 is 0 Å². The van der Waals surface area contributed by atoms with Gasteiger partial charge in [0.15, 0.2) is 0 Å². The summed E-state index contributed by atoms with van der Waals surface area (Å²) < 4.78 is 11.2. The van der Waals surface area contributed by atoms with Crippen LogP contribution in [-0.4, -0.2) is 37.8 Å². The topological polar surface area (TPSA) is 59.6 Å². The van der Waals surface area contributed by atoms with E-state index in [1.807, 2.05) is 12.1 Å². The van der Waals surface area contributed by atoms with Gasteiger partial charge in [0.25, 0.3) is 0 Å². The Balaban J connectivity index is 1.59. The fourth-order valence-electron chi connectivity index (χ4n) is 2.82. The van der Waals surface area contributed by atoms with Crippen LogP contribution in [0.4, 0.5) is 5.69 Å². The van der Waals surface area contributed by atoms with Crippen LogP contribution >= 0.6 is 11.6 Å². The highest BCUT2D eigenvalue weighted by Crippen LogP contribution is 2.31. The maximum absolute atomic E-state index is 12.1. The molecule has 22 heavy (non-hydrogen) atoms. The lowest BCUT2D eigenvalue weighted by Crippen LogP contribution is -2.48. The number of carbonyl (C=O) groups is 1. The summed E-state index contributed by atoms with van der Waals surface area (Å²) >= 11 is 6.26.